The Morgan fingerprint density at radius 3 is 2.62 bits per heavy atom. The average Bonchev–Trinajstić information content (AvgIpc) is 3.09. The first kappa shape index (κ1) is 15.6. The topological polar surface area (TPSA) is 69.0 Å². The van der Waals surface area contributed by atoms with E-state index in [9.17, 15) is 13.6 Å². The number of carbonyl (C=O) groups is 1. The zero-order chi connectivity index (χ0) is 16.9. The van der Waals surface area contributed by atoms with Gasteiger partial charge in [-0.15, -0.1) is 0 Å². The van der Waals surface area contributed by atoms with Crippen molar-refractivity contribution in [1.82, 2.24) is 14.8 Å². The molecule has 0 aliphatic heterocycles. The van der Waals surface area contributed by atoms with E-state index in [1.165, 1.54) is 30.6 Å². The van der Waals surface area contributed by atoms with E-state index in [0.717, 1.165) is 5.69 Å². The van der Waals surface area contributed by atoms with Crippen LogP contribution >= 0.6 is 0 Å². The summed E-state index contributed by atoms with van der Waals surface area (Å²) in [5, 5.41) is 6.68. The Labute approximate surface area is 135 Å². The number of hydrogen-bond acceptors (Lipinski definition) is 4. The number of amides is 1. The van der Waals surface area contributed by atoms with E-state index in [2.05, 4.69) is 20.1 Å². The third-order valence-corrected chi connectivity index (χ3v) is 3.13. The lowest BCUT2D eigenvalue weighted by atomic mass is 10.2. The normalized spacial score (nSPS) is 10.6. The first-order valence-corrected chi connectivity index (χ1v) is 6.93. The second-order valence-corrected chi connectivity index (χ2v) is 4.75. The van der Waals surface area contributed by atoms with Gasteiger partial charge in [0.15, 0.2) is 0 Å². The molecule has 1 heterocycles. The van der Waals surface area contributed by atoms with Crippen LogP contribution in [-0.2, 0) is 0 Å². The van der Waals surface area contributed by atoms with Crippen LogP contribution in [0.5, 0.6) is 5.75 Å². The maximum atomic E-state index is 12.2. The van der Waals surface area contributed by atoms with Crippen molar-refractivity contribution in [3.05, 3.63) is 66.7 Å². The van der Waals surface area contributed by atoms with Gasteiger partial charge in [-0.2, -0.15) is 13.9 Å². The molecule has 0 unspecified atom stereocenters. The minimum absolute atomic E-state index is 0.0702. The fraction of sp³-hybridized carbons (Fsp3) is 0.0625. The van der Waals surface area contributed by atoms with Gasteiger partial charge in [0.25, 0.3) is 5.91 Å². The summed E-state index contributed by atoms with van der Waals surface area (Å²) in [6.07, 6.45) is 2.98. The van der Waals surface area contributed by atoms with Gasteiger partial charge in [0, 0.05) is 11.3 Å². The van der Waals surface area contributed by atoms with Gasteiger partial charge < -0.3 is 10.1 Å². The molecule has 0 fully saturated rings. The number of alkyl halides is 2. The highest BCUT2D eigenvalue weighted by atomic mass is 19.3. The molecule has 2 aromatic carbocycles. The summed E-state index contributed by atoms with van der Waals surface area (Å²) in [5.41, 5.74) is 1.57. The van der Waals surface area contributed by atoms with Gasteiger partial charge in [-0.05, 0) is 42.5 Å². The summed E-state index contributed by atoms with van der Waals surface area (Å²) >= 11 is 0. The van der Waals surface area contributed by atoms with Crippen LogP contribution in [0.3, 0.4) is 0 Å². The maximum absolute atomic E-state index is 12.2. The maximum Gasteiger partial charge on any atom is 0.387 e. The summed E-state index contributed by atoms with van der Waals surface area (Å²) in [5.74, 6) is -0.498. The minimum atomic E-state index is -2.94. The molecule has 6 nitrogen and oxygen atoms in total. The standard InChI is InChI=1S/C16H12F2N4O2/c17-16(18)24-14-3-1-2-11(8-14)15(23)21-12-4-6-13(7-5-12)22-10-19-9-20-22/h1-10,16H,(H,21,23). The lowest BCUT2D eigenvalue weighted by Crippen LogP contribution is -2.12. The van der Waals surface area contributed by atoms with Gasteiger partial charge in [-0.25, -0.2) is 9.67 Å². The summed E-state index contributed by atoms with van der Waals surface area (Å²) in [6, 6.07) is 12.5. The van der Waals surface area contributed by atoms with Crippen LogP contribution in [0.15, 0.2) is 61.2 Å². The molecule has 1 amide bonds. The molecule has 3 rings (SSSR count). The monoisotopic (exact) mass is 330 g/mol. The Balaban J connectivity index is 1.70. The highest BCUT2D eigenvalue weighted by Gasteiger charge is 2.10. The summed E-state index contributed by atoms with van der Waals surface area (Å²) in [7, 11) is 0. The van der Waals surface area contributed by atoms with Crippen molar-refractivity contribution < 1.29 is 18.3 Å². The van der Waals surface area contributed by atoms with Gasteiger partial charge in [0.2, 0.25) is 0 Å². The zero-order valence-electron chi connectivity index (χ0n) is 12.3. The molecule has 122 valence electrons. The van der Waals surface area contributed by atoms with Crippen LogP contribution in [0, 0.1) is 0 Å². The molecule has 0 aliphatic carbocycles. The van der Waals surface area contributed by atoms with Crippen molar-refractivity contribution in [1.29, 1.82) is 0 Å². The van der Waals surface area contributed by atoms with Gasteiger partial charge in [0.05, 0.1) is 5.69 Å². The van der Waals surface area contributed by atoms with Crippen molar-refractivity contribution in [3.63, 3.8) is 0 Å². The highest BCUT2D eigenvalue weighted by molar-refractivity contribution is 6.04. The Morgan fingerprint density at radius 2 is 1.96 bits per heavy atom. The van der Waals surface area contributed by atoms with Crippen LogP contribution in [-0.4, -0.2) is 27.3 Å². The van der Waals surface area contributed by atoms with Gasteiger partial charge in [-0.3, -0.25) is 4.79 Å². The average molecular weight is 330 g/mol. The molecule has 0 saturated heterocycles. The van der Waals surface area contributed by atoms with Crippen LogP contribution in [0.2, 0.25) is 0 Å². The van der Waals surface area contributed by atoms with E-state index in [-0.39, 0.29) is 11.3 Å². The van der Waals surface area contributed by atoms with E-state index in [1.54, 1.807) is 35.3 Å². The number of rotatable bonds is 5. The minimum Gasteiger partial charge on any atom is -0.435 e. The van der Waals surface area contributed by atoms with Gasteiger partial charge >= 0.3 is 6.61 Å². The Morgan fingerprint density at radius 1 is 1.17 bits per heavy atom. The largest absolute Gasteiger partial charge is 0.435 e. The van der Waals surface area contributed by atoms with E-state index >= 15 is 0 Å². The predicted molar refractivity (Wildman–Crippen MR) is 82.4 cm³/mol. The molecule has 1 aromatic heterocycles. The number of hydrogen-bond donors (Lipinski definition) is 1. The van der Waals surface area contributed by atoms with Crippen molar-refractivity contribution in [2.24, 2.45) is 0 Å². The number of ether oxygens (including phenoxy) is 1. The van der Waals surface area contributed by atoms with Gasteiger partial charge in [0.1, 0.15) is 18.4 Å². The zero-order valence-corrected chi connectivity index (χ0v) is 12.3. The molecule has 3 aromatic rings. The molecular formula is C16H12F2N4O2. The molecule has 8 heteroatoms. The summed E-state index contributed by atoms with van der Waals surface area (Å²) in [6.45, 7) is -2.94. The molecule has 1 N–H and O–H groups in total. The number of nitrogens with zero attached hydrogens (tertiary/aromatic N) is 3. The molecule has 24 heavy (non-hydrogen) atoms. The molecule has 0 bridgehead atoms. The number of benzene rings is 2. The fourth-order valence-corrected chi connectivity index (χ4v) is 2.06. The number of halogens is 2. The van der Waals surface area contributed by atoms with Gasteiger partial charge in [-0.1, -0.05) is 6.07 Å². The number of carbonyl (C=O) groups excluding carboxylic acids is 1. The highest BCUT2D eigenvalue weighted by Crippen LogP contribution is 2.18. The molecule has 0 radical (unpaired) electrons. The number of aromatic nitrogens is 3. The molecule has 0 atom stereocenters. The van der Waals surface area contributed by atoms with Crippen molar-refractivity contribution >= 4 is 11.6 Å². The molecule has 0 aliphatic rings. The quantitative estimate of drug-likeness (QED) is 0.780. The third kappa shape index (κ3) is 3.72. The SMILES string of the molecule is O=C(Nc1ccc(-n2cncn2)cc1)c1cccc(OC(F)F)c1. The molecule has 0 spiro atoms. The first-order chi connectivity index (χ1) is 11.6. The van der Waals surface area contributed by atoms with Crippen molar-refractivity contribution in [2.45, 2.75) is 6.61 Å². The predicted octanol–water partition coefficient (Wildman–Crippen LogP) is 3.12. The fourth-order valence-electron chi connectivity index (χ4n) is 2.06. The van der Waals surface area contributed by atoms with E-state index in [1.807, 2.05) is 0 Å². The van der Waals surface area contributed by atoms with Crippen molar-refractivity contribution in [3.8, 4) is 11.4 Å². The number of anilines is 1. The van der Waals surface area contributed by atoms with Crippen LogP contribution < -0.4 is 10.1 Å². The lowest BCUT2D eigenvalue weighted by molar-refractivity contribution is -0.0498. The Bertz CT molecular complexity index is 820. The smallest absolute Gasteiger partial charge is 0.387 e. The lowest BCUT2D eigenvalue weighted by Gasteiger charge is -2.08. The Hall–Kier alpha value is -3.29. The Kier molecular flexibility index (Phi) is 4.46. The third-order valence-electron chi connectivity index (χ3n) is 3.13. The summed E-state index contributed by atoms with van der Waals surface area (Å²) < 4.78 is 30.3. The van der Waals surface area contributed by atoms with E-state index in [0.29, 0.717) is 5.69 Å². The van der Waals surface area contributed by atoms with Crippen LogP contribution in [0.1, 0.15) is 10.4 Å². The molecular weight excluding hydrogens is 318 g/mol. The second-order valence-electron chi connectivity index (χ2n) is 4.75. The summed E-state index contributed by atoms with van der Waals surface area (Å²) in [4.78, 5) is 16.0. The van der Waals surface area contributed by atoms with Crippen molar-refractivity contribution in [2.75, 3.05) is 5.32 Å². The second kappa shape index (κ2) is 6.86. The van der Waals surface area contributed by atoms with Crippen LogP contribution in [0.25, 0.3) is 5.69 Å². The first-order valence-electron chi connectivity index (χ1n) is 6.93. The van der Waals surface area contributed by atoms with E-state index < -0.39 is 12.5 Å². The number of nitrogens with one attached hydrogen (secondary N) is 1. The van der Waals surface area contributed by atoms with E-state index in [4.69, 9.17) is 0 Å². The molecule has 0 saturated carbocycles. The van der Waals surface area contributed by atoms with Crippen LogP contribution in [0.4, 0.5) is 14.5 Å².